The lowest BCUT2D eigenvalue weighted by molar-refractivity contribution is 0.0971. The van der Waals surface area contributed by atoms with E-state index in [0.717, 1.165) is 23.1 Å². The molecule has 0 fully saturated rings. The van der Waals surface area contributed by atoms with E-state index in [1.807, 2.05) is 56.3 Å². The summed E-state index contributed by atoms with van der Waals surface area (Å²) in [5, 5.41) is 0.961. The number of hydrogen-bond donors (Lipinski definition) is 0. The van der Waals surface area contributed by atoms with E-state index < -0.39 is 6.04 Å². The van der Waals surface area contributed by atoms with Crippen LogP contribution in [0.1, 0.15) is 59.1 Å². The van der Waals surface area contributed by atoms with Gasteiger partial charge in [0, 0.05) is 10.7 Å². The van der Waals surface area contributed by atoms with E-state index in [2.05, 4.69) is 13.8 Å². The van der Waals surface area contributed by atoms with Crippen molar-refractivity contribution in [3.05, 3.63) is 104 Å². The summed E-state index contributed by atoms with van der Waals surface area (Å²) in [5.74, 6) is 0.903. The molecule has 2 heterocycles. The van der Waals surface area contributed by atoms with Crippen molar-refractivity contribution >= 4 is 34.2 Å². The molecule has 0 spiro atoms. The third-order valence-electron chi connectivity index (χ3n) is 6.71. The number of carbonyl (C=O) groups excluding carboxylic acids is 1. The first-order valence-corrected chi connectivity index (χ1v) is 12.5. The lowest BCUT2D eigenvalue weighted by Crippen LogP contribution is -2.29. The number of benzene rings is 3. The highest BCUT2D eigenvalue weighted by Gasteiger charge is 2.43. The molecule has 36 heavy (non-hydrogen) atoms. The van der Waals surface area contributed by atoms with Crippen molar-refractivity contribution in [3.63, 3.8) is 0 Å². The number of amides is 1. The van der Waals surface area contributed by atoms with Crippen LogP contribution in [0.2, 0.25) is 5.02 Å². The summed E-state index contributed by atoms with van der Waals surface area (Å²) in [6.07, 6.45) is 0.929. The molecule has 1 unspecified atom stereocenters. The summed E-state index contributed by atoms with van der Waals surface area (Å²) in [6, 6.07) is 17.6. The Kier molecular flexibility index (Phi) is 6.35. The fourth-order valence-corrected chi connectivity index (χ4v) is 4.81. The SMILES string of the molecule is Cc1cc2oc3c(c(=O)c2cc1C)C(c1cccc(OCCC(C)C)c1)N(c1cccc(Cl)c1)C3=O. The molecule has 1 aromatic heterocycles. The zero-order chi connectivity index (χ0) is 25.6. The van der Waals surface area contributed by atoms with Gasteiger partial charge in [-0.25, -0.2) is 0 Å². The van der Waals surface area contributed by atoms with Crippen LogP contribution in [0, 0.1) is 19.8 Å². The second kappa shape index (κ2) is 9.47. The molecule has 184 valence electrons. The molecule has 0 N–H and O–H groups in total. The Hall–Kier alpha value is -3.57. The monoisotopic (exact) mass is 501 g/mol. The van der Waals surface area contributed by atoms with Crippen molar-refractivity contribution in [2.75, 3.05) is 11.5 Å². The minimum atomic E-state index is -0.679. The van der Waals surface area contributed by atoms with Crippen LogP contribution in [0.5, 0.6) is 5.75 Å². The summed E-state index contributed by atoms with van der Waals surface area (Å²) in [6.45, 7) is 8.80. The molecule has 0 radical (unpaired) electrons. The number of aryl methyl sites for hydroxylation is 2. The van der Waals surface area contributed by atoms with Gasteiger partial charge in [-0.2, -0.15) is 0 Å². The topological polar surface area (TPSA) is 59.8 Å². The zero-order valence-electron chi connectivity index (χ0n) is 20.8. The van der Waals surface area contributed by atoms with Crippen LogP contribution in [0.4, 0.5) is 5.69 Å². The third-order valence-corrected chi connectivity index (χ3v) is 6.95. The Labute approximate surface area is 215 Å². The van der Waals surface area contributed by atoms with Crippen molar-refractivity contribution in [1.29, 1.82) is 0 Å². The predicted octanol–water partition coefficient (Wildman–Crippen LogP) is 7.24. The smallest absolute Gasteiger partial charge is 0.295 e. The first kappa shape index (κ1) is 24.1. The average molecular weight is 502 g/mol. The Morgan fingerprint density at radius 2 is 1.75 bits per heavy atom. The first-order valence-electron chi connectivity index (χ1n) is 12.1. The summed E-state index contributed by atoms with van der Waals surface area (Å²) in [5.41, 5.74) is 3.87. The molecule has 1 aliphatic heterocycles. The molecule has 0 bridgehead atoms. The second-order valence-electron chi connectivity index (χ2n) is 9.77. The average Bonchev–Trinajstić information content (AvgIpc) is 3.13. The van der Waals surface area contributed by atoms with E-state index >= 15 is 0 Å². The normalized spacial score (nSPS) is 15.1. The van der Waals surface area contributed by atoms with Crippen molar-refractivity contribution in [1.82, 2.24) is 0 Å². The molecule has 1 atom stereocenters. The highest BCUT2D eigenvalue weighted by atomic mass is 35.5. The largest absolute Gasteiger partial charge is 0.494 e. The molecular weight excluding hydrogens is 474 g/mol. The van der Waals surface area contributed by atoms with Gasteiger partial charge >= 0.3 is 0 Å². The van der Waals surface area contributed by atoms with E-state index in [0.29, 0.717) is 45.5 Å². The lowest BCUT2D eigenvalue weighted by atomic mass is 9.97. The number of rotatable bonds is 6. The summed E-state index contributed by atoms with van der Waals surface area (Å²) < 4.78 is 12.1. The molecule has 5 rings (SSSR count). The van der Waals surface area contributed by atoms with Crippen molar-refractivity contribution in [3.8, 4) is 5.75 Å². The molecule has 0 saturated carbocycles. The number of hydrogen-bond acceptors (Lipinski definition) is 4. The van der Waals surface area contributed by atoms with Crippen molar-refractivity contribution < 1.29 is 13.9 Å². The highest BCUT2D eigenvalue weighted by Crippen LogP contribution is 2.42. The van der Waals surface area contributed by atoms with Gasteiger partial charge in [0.2, 0.25) is 5.76 Å². The number of ether oxygens (including phenoxy) is 1. The maximum Gasteiger partial charge on any atom is 0.295 e. The van der Waals surface area contributed by atoms with E-state index in [4.69, 9.17) is 20.8 Å². The van der Waals surface area contributed by atoms with Crippen LogP contribution in [0.25, 0.3) is 11.0 Å². The van der Waals surface area contributed by atoms with Gasteiger partial charge in [0.25, 0.3) is 5.91 Å². The molecule has 5 nitrogen and oxygen atoms in total. The standard InChI is InChI=1S/C30H28ClNO4/c1-17(2)11-12-35-23-10-5-7-20(15-23)27-26-28(33)24-13-18(3)19(4)14-25(24)36-29(26)30(34)32(27)22-9-6-8-21(31)16-22/h5-10,13-17,27H,11-12H2,1-4H3. The van der Waals surface area contributed by atoms with Crippen LogP contribution < -0.4 is 15.1 Å². The van der Waals surface area contributed by atoms with Gasteiger partial charge in [-0.1, -0.05) is 43.6 Å². The quantitative estimate of drug-likeness (QED) is 0.279. The van der Waals surface area contributed by atoms with Crippen molar-refractivity contribution in [2.24, 2.45) is 5.92 Å². The Balaban J connectivity index is 1.70. The zero-order valence-corrected chi connectivity index (χ0v) is 21.6. The first-order chi connectivity index (χ1) is 17.2. The van der Waals surface area contributed by atoms with Gasteiger partial charge in [0.1, 0.15) is 11.3 Å². The summed E-state index contributed by atoms with van der Waals surface area (Å²) in [4.78, 5) is 29.3. The van der Waals surface area contributed by atoms with Crippen LogP contribution >= 0.6 is 11.6 Å². The van der Waals surface area contributed by atoms with Crippen molar-refractivity contribution in [2.45, 2.75) is 40.2 Å². The van der Waals surface area contributed by atoms with Gasteiger partial charge in [-0.3, -0.25) is 14.5 Å². The molecular formula is C30H28ClNO4. The molecule has 1 aliphatic rings. The van der Waals surface area contributed by atoms with Gasteiger partial charge < -0.3 is 9.15 Å². The Morgan fingerprint density at radius 1 is 1.00 bits per heavy atom. The fraction of sp³-hybridized carbons (Fsp3) is 0.267. The summed E-state index contributed by atoms with van der Waals surface area (Å²) in [7, 11) is 0. The molecule has 0 saturated heterocycles. The Morgan fingerprint density at radius 3 is 2.50 bits per heavy atom. The van der Waals surface area contributed by atoms with Gasteiger partial charge in [-0.15, -0.1) is 0 Å². The maximum absolute atomic E-state index is 13.9. The van der Waals surface area contributed by atoms with Gasteiger partial charge in [-0.05, 0) is 85.3 Å². The number of carbonyl (C=O) groups is 1. The van der Waals surface area contributed by atoms with Gasteiger partial charge in [0.15, 0.2) is 5.43 Å². The number of fused-ring (bicyclic) bond motifs is 2. The highest BCUT2D eigenvalue weighted by molar-refractivity contribution is 6.31. The van der Waals surface area contributed by atoms with E-state index in [1.165, 1.54) is 0 Å². The maximum atomic E-state index is 13.9. The molecule has 6 heteroatoms. The second-order valence-corrected chi connectivity index (χ2v) is 10.2. The fourth-order valence-electron chi connectivity index (χ4n) is 4.62. The number of halogens is 1. The predicted molar refractivity (Wildman–Crippen MR) is 143 cm³/mol. The molecule has 4 aromatic rings. The third kappa shape index (κ3) is 4.28. The molecule has 1 amide bonds. The number of anilines is 1. The Bertz CT molecular complexity index is 1540. The number of nitrogens with zero attached hydrogens (tertiary/aromatic N) is 1. The van der Waals surface area contributed by atoms with Crippen LogP contribution in [-0.2, 0) is 0 Å². The van der Waals surface area contributed by atoms with Crippen LogP contribution in [-0.4, -0.2) is 12.5 Å². The van der Waals surface area contributed by atoms with Gasteiger partial charge in [0.05, 0.1) is 23.6 Å². The van der Waals surface area contributed by atoms with Crippen LogP contribution in [0.3, 0.4) is 0 Å². The summed E-state index contributed by atoms with van der Waals surface area (Å²) >= 11 is 6.29. The minimum absolute atomic E-state index is 0.0619. The molecule has 3 aromatic carbocycles. The van der Waals surface area contributed by atoms with Crippen LogP contribution in [0.15, 0.2) is 69.9 Å². The lowest BCUT2D eigenvalue weighted by Gasteiger charge is -2.25. The van der Waals surface area contributed by atoms with E-state index in [1.54, 1.807) is 23.1 Å². The molecule has 0 aliphatic carbocycles. The van der Waals surface area contributed by atoms with E-state index in [9.17, 15) is 9.59 Å². The van der Waals surface area contributed by atoms with E-state index in [-0.39, 0.29) is 17.1 Å². The minimum Gasteiger partial charge on any atom is -0.494 e.